The molecule has 0 radical (unpaired) electrons. The number of rotatable bonds is 4. The molecule has 3 aromatic rings. The number of nitrogens with zero attached hydrogens (tertiary/aromatic N) is 3. The molecular formula is C19H17N3OS. The maximum Gasteiger partial charge on any atom is 0.266 e. The van der Waals surface area contributed by atoms with E-state index in [9.17, 15) is 4.79 Å². The summed E-state index contributed by atoms with van der Waals surface area (Å²) in [4.78, 5) is 17.7. The number of para-hydroxylation sites is 2. The van der Waals surface area contributed by atoms with Crippen molar-refractivity contribution >= 4 is 22.7 Å². The van der Waals surface area contributed by atoms with Crippen LogP contribution in [-0.4, -0.2) is 15.3 Å². The lowest BCUT2D eigenvalue weighted by atomic mass is 10.0. The van der Waals surface area contributed by atoms with Crippen molar-refractivity contribution in [2.45, 2.75) is 24.9 Å². The first kappa shape index (κ1) is 16.3. The van der Waals surface area contributed by atoms with Crippen molar-refractivity contribution in [3.63, 3.8) is 0 Å². The lowest BCUT2D eigenvalue weighted by molar-refractivity contribution is 0.781. The van der Waals surface area contributed by atoms with Crippen molar-refractivity contribution in [3.8, 4) is 11.8 Å². The Balaban J connectivity index is 2.36. The van der Waals surface area contributed by atoms with E-state index in [4.69, 9.17) is 5.26 Å². The predicted octanol–water partition coefficient (Wildman–Crippen LogP) is 4.12. The van der Waals surface area contributed by atoms with Crippen molar-refractivity contribution in [3.05, 3.63) is 64.4 Å². The lowest BCUT2D eigenvalue weighted by Crippen LogP contribution is -2.23. The van der Waals surface area contributed by atoms with Crippen LogP contribution < -0.4 is 5.56 Å². The molecule has 4 nitrogen and oxygen atoms in total. The zero-order chi connectivity index (χ0) is 17.1. The molecule has 0 aliphatic heterocycles. The molecule has 0 unspecified atom stereocenters. The molecule has 3 rings (SSSR count). The minimum Gasteiger partial charge on any atom is -0.268 e. The fourth-order valence-electron chi connectivity index (χ4n) is 2.70. The number of hydrogen-bond acceptors (Lipinski definition) is 4. The topological polar surface area (TPSA) is 58.7 Å². The van der Waals surface area contributed by atoms with Crippen LogP contribution in [0, 0.1) is 11.3 Å². The molecule has 0 amide bonds. The zero-order valence-corrected chi connectivity index (χ0v) is 14.4. The first-order valence-corrected chi connectivity index (χ1v) is 8.73. The van der Waals surface area contributed by atoms with Gasteiger partial charge in [-0.15, -0.1) is 0 Å². The molecule has 1 heterocycles. The van der Waals surface area contributed by atoms with E-state index in [0.29, 0.717) is 16.1 Å². The molecule has 0 atom stereocenters. The molecule has 0 saturated carbocycles. The summed E-state index contributed by atoms with van der Waals surface area (Å²) >= 11 is 1.28. The van der Waals surface area contributed by atoms with Gasteiger partial charge in [-0.05, 0) is 29.7 Å². The van der Waals surface area contributed by atoms with E-state index in [1.165, 1.54) is 11.8 Å². The smallest absolute Gasteiger partial charge is 0.266 e. The Morgan fingerprint density at radius 1 is 1.17 bits per heavy atom. The SMILES string of the molecule is CC(C)c1ccccc1-n1c(SCC#N)nc2ccccc2c1=O. The van der Waals surface area contributed by atoms with Gasteiger partial charge in [0, 0.05) is 0 Å². The van der Waals surface area contributed by atoms with Crippen LogP contribution >= 0.6 is 11.8 Å². The van der Waals surface area contributed by atoms with Crippen LogP contribution in [0.3, 0.4) is 0 Å². The predicted molar refractivity (Wildman–Crippen MR) is 97.8 cm³/mol. The number of hydrogen-bond donors (Lipinski definition) is 0. The number of benzene rings is 2. The fraction of sp³-hybridized carbons (Fsp3) is 0.211. The van der Waals surface area contributed by atoms with Gasteiger partial charge in [-0.3, -0.25) is 9.36 Å². The van der Waals surface area contributed by atoms with Gasteiger partial charge < -0.3 is 0 Å². The Bertz CT molecular complexity index is 986. The van der Waals surface area contributed by atoms with E-state index in [-0.39, 0.29) is 17.2 Å². The van der Waals surface area contributed by atoms with Crippen LogP contribution in [0.5, 0.6) is 0 Å². The Morgan fingerprint density at radius 2 is 1.88 bits per heavy atom. The van der Waals surface area contributed by atoms with E-state index in [2.05, 4.69) is 24.9 Å². The molecular weight excluding hydrogens is 318 g/mol. The average Bonchev–Trinajstić information content (AvgIpc) is 2.60. The number of nitriles is 1. The zero-order valence-electron chi connectivity index (χ0n) is 13.6. The van der Waals surface area contributed by atoms with Gasteiger partial charge in [0.05, 0.1) is 28.4 Å². The van der Waals surface area contributed by atoms with Crippen molar-refractivity contribution in [1.29, 1.82) is 5.26 Å². The number of fused-ring (bicyclic) bond motifs is 1. The monoisotopic (exact) mass is 335 g/mol. The van der Waals surface area contributed by atoms with Crippen LogP contribution in [0.2, 0.25) is 0 Å². The Labute approximate surface area is 144 Å². The summed E-state index contributed by atoms with van der Waals surface area (Å²) in [6.45, 7) is 4.20. The third-order valence-corrected chi connectivity index (χ3v) is 4.62. The molecule has 0 aliphatic rings. The maximum absolute atomic E-state index is 13.1. The first-order chi connectivity index (χ1) is 11.6. The molecule has 1 aromatic heterocycles. The van der Waals surface area contributed by atoms with E-state index in [1.54, 1.807) is 10.6 Å². The van der Waals surface area contributed by atoms with Crippen LogP contribution in [0.4, 0.5) is 0 Å². The minimum atomic E-state index is -0.103. The third-order valence-electron chi connectivity index (χ3n) is 3.81. The van der Waals surface area contributed by atoms with E-state index in [1.807, 2.05) is 42.5 Å². The van der Waals surface area contributed by atoms with Gasteiger partial charge in [-0.25, -0.2) is 4.98 Å². The Morgan fingerprint density at radius 3 is 2.62 bits per heavy atom. The van der Waals surface area contributed by atoms with E-state index < -0.39 is 0 Å². The van der Waals surface area contributed by atoms with Crippen LogP contribution in [0.15, 0.2) is 58.5 Å². The van der Waals surface area contributed by atoms with Crippen molar-refractivity contribution < 1.29 is 0 Å². The standard InChI is InChI=1S/C19H17N3OS/c1-13(2)14-7-4-6-10-17(14)22-18(23)15-8-3-5-9-16(15)21-19(22)24-12-11-20/h3-10,13H,12H2,1-2H3. The molecule has 0 fully saturated rings. The Hall–Kier alpha value is -2.58. The summed E-state index contributed by atoms with van der Waals surface area (Å²) in [5, 5.41) is 10.1. The van der Waals surface area contributed by atoms with Crippen LogP contribution in [-0.2, 0) is 0 Å². The molecule has 24 heavy (non-hydrogen) atoms. The summed E-state index contributed by atoms with van der Waals surface area (Å²) in [5.41, 5.74) is 2.46. The van der Waals surface area contributed by atoms with Gasteiger partial charge in [0.1, 0.15) is 0 Å². The van der Waals surface area contributed by atoms with Crippen molar-refractivity contribution in [2.24, 2.45) is 0 Å². The maximum atomic E-state index is 13.1. The third kappa shape index (κ3) is 2.93. The van der Waals surface area contributed by atoms with Gasteiger partial charge in [0.2, 0.25) is 0 Å². The first-order valence-electron chi connectivity index (χ1n) is 7.74. The molecule has 2 aromatic carbocycles. The van der Waals surface area contributed by atoms with Crippen molar-refractivity contribution in [1.82, 2.24) is 9.55 Å². The van der Waals surface area contributed by atoms with Gasteiger partial charge in [0.15, 0.2) is 5.16 Å². The molecule has 0 N–H and O–H groups in total. The number of thioether (sulfide) groups is 1. The second-order valence-electron chi connectivity index (χ2n) is 5.71. The second-order valence-corrected chi connectivity index (χ2v) is 6.65. The van der Waals surface area contributed by atoms with Gasteiger partial charge in [0.25, 0.3) is 5.56 Å². The highest BCUT2D eigenvalue weighted by atomic mass is 32.2. The highest BCUT2D eigenvalue weighted by Gasteiger charge is 2.16. The highest BCUT2D eigenvalue weighted by molar-refractivity contribution is 7.99. The highest BCUT2D eigenvalue weighted by Crippen LogP contribution is 2.26. The molecule has 120 valence electrons. The van der Waals surface area contributed by atoms with Crippen LogP contribution in [0.1, 0.15) is 25.3 Å². The summed E-state index contributed by atoms with van der Waals surface area (Å²) < 4.78 is 1.64. The lowest BCUT2D eigenvalue weighted by Gasteiger charge is -2.17. The quantitative estimate of drug-likeness (QED) is 0.531. The summed E-state index contributed by atoms with van der Waals surface area (Å²) in [6, 6.07) is 17.3. The van der Waals surface area contributed by atoms with Crippen molar-refractivity contribution in [2.75, 3.05) is 5.75 Å². The second kappa shape index (κ2) is 6.90. The fourth-order valence-corrected chi connectivity index (χ4v) is 3.36. The summed E-state index contributed by atoms with van der Waals surface area (Å²) in [5.74, 6) is 0.516. The average molecular weight is 335 g/mol. The minimum absolute atomic E-state index is 0.103. The molecule has 0 bridgehead atoms. The summed E-state index contributed by atoms with van der Waals surface area (Å²) in [7, 11) is 0. The van der Waals surface area contributed by atoms with Gasteiger partial charge in [-0.1, -0.05) is 55.9 Å². The van der Waals surface area contributed by atoms with Crippen LogP contribution in [0.25, 0.3) is 16.6 Å². The van der Waals surface area contributed by atoms with Gasteiger partial charge in [-0.2, -0.15) is 5.26 Å². The largest absolute Gasteiger partial charge is 0.268 e. The van der Waals surface area contributed by atoms with E-state index >= 15 is 0 Å². The normalized spacial score (nSPS) is 10.9. The molecule has 5 heteroatoms. The molecule has 0 spiro atoms. The molecule has 0 aliphatic carbocycles. The Kier molecular flexibility index (Phi) is 4.68. The van der Waals surface area contributed by atoms with E-state index in [0.717, 1.165) is 11.3 Å². The molecule has 0 saturated heterocycles. The summed E-state index contributed by atoms with van der Waals surface area (Å²) in [6.07, 6.45) is 0. The number of aromatic nitrogens is 2. The van der Waals surface area contributed by atoms with Gasteiger partial charge >= 0.3 is 0 Å².